The summed E-state index contributed by atoms with van der Waals surface area (Å²) in [6.07, 6.45) is -2.53. The van der Waals surface area contributed by atoms with E-state index in [2.05, 4.69) is 20.3 Å². The summed E-state index contributed by atoms with van der Waals surface area (Å²) in [7, 11) is 0. The van der Waals surface area contributed by atoms with Gasteiger partial charge in [-0.15, -0.1) is 0 Å². The summed E-state index contributed by atoms with van der Waals surface area (Å²) in [5, 5.41) is 2.89. The van der Waals surface area contributed by atoms with Gasteiger partial charge in [-0.1, -0.05) is 13.8 Å². The molecule has 1 heterocycles. The molecular formula is C16H19ClF3N5. The molecule has 1 N–H and O–H groups in total. The molecule has 0 saturated heterocycles. The molecule has 1 aromatic heterocycles. The monoisotopic (exact) mass is 373 g/mol. The summed E-state index contributed by atoms with van der Waals surface area (Å²) in [6, 6.07) is 4.62. The van der Waals surface area contributed by atoms with E-state index in [-0.39, 0.29) is 11.2 Å². The summed E-state index contributed by atoms with van der Waals surface area (Å²) in [5.41, 5.74) is -0.289. The highest BCUT2D eigenvalue weighted by atomic mass is 35.5. The summed E-state index contributed by atoms with van der Waals surface area (Å²) >= 11 is 5.97. The van der Waals surface area contributed by atoms with Gasteiger partial charge in [0, 0.05) is 18.8 Å². The number of hydrogen-bond donors (Lipinski definition) is 1. The molecule has 25 heavy (non-hydrogen) atoms. The molecule has 5 nitrogen and oxygen atoms in total. The third kappa shape index (κ3) is 5.45. The molecule has 0 saturated carbocycles. The average molecular weight is 374 g/mol. The van der Waals surface area contributed by atoms with Crippen LogP contribution in [0.4, 0.5) is 30.8 Å². The lowest BCUT2D eigenvalue weighted by atomic mass is 10.2. The second-order valence-electron chi connectivity index (χ2n) is 5.42. The van der Waals surface area contributed by atoms with E-state index < -0.39 is 11.7 Å². The topological polar surface area (TPSA) is 53.9 Å². The van der Waals surface area contributed by atoms with Crippen molar-refractivity contribution >= 4 is 29.2 Å². The lowest BCUT2D eigenvalue weighted by Gasteiger charge is -2.21. The Morgan fingerprint density at radius 2 is 1.60 bits per heavy atom. The fraction of sp³-hybridized carbons (Fsp3) is 0.438. The Morgan fingerprint density at radius 3 is 2.12 bits per heavy atom. The zero-order valence-corrected chi connectivity index (χ0v) is 14.7. The number of aromatic nitrogens is 3. The lowest BCUT2D eigenvalue weighted by Crippen LogP contribution is -2.27. The highest BCUT2D eigenvalue weighted by molar-refractivity contribution is 6.28. The first-order chi connectivity index (χ1) is 11.8. The van der Waals surface area contributed by atoms with Crippen molar-refractivity contribution in [1.82, 2.24) is 15.0 Å². The lowest BCUT2D eigenvalue weighted by molar-refractivity contribution is -0.137. The number of anilines is 3. The van der Waals surface area contributed by atoms with Crippen molar-refractivity contribution in [3.05, 3.63) is 35.1 Å². The van der Waals surface area contributed by atoms with E-state index in [9.17, 15) is 13.2 Å². The molecule has 1 aromatic carbocycles. The Morgan fingerprint density at radius 1 is 1.00 bits per heavy atom. The molecule has 0 aliphatic rings. The normalized spacial score (nSPS) is 11.4. The van der Waals surface area contributed by atoms with Crippen LogP contribution in [-0.2, 0) is 6.18 Å². The van der Waals surface area contributed by atoms with Gasteiger partial charge in [-0.05, 0) is 48.7 Å². The van der Waals surface area contributed by atoms with E-state index in [1.165, 1.54) is 12.1 Å². The van der Waals surface area contributed by atoms with Gasteiger partial charge in [0.1, 0.15) is 0 Å². The van der Waals surface area contributed by atoms with E-state index >= 15 is 0 Å². The van der Waals surface area contributed by atoms with Crippen LogP contribution in [0.2, 0.25) is 5.28 Å². The highest BCUT2D eigenvalue weighted by Crippen LogP contribution is 2.30. The van der Waals surface area contributed by atoms with Crippen LogP contribution >= 0.6 is 11.6 Å². The summed E-state index contributed by atoms with van der Waals surface area (Å²) in [4.78, 5) is 14.4. The van der Waals surface area contributed by atoms with Gasteiger partial charge in [-0.3, -0.25) is 0 Å². The Balaban J connectivity index is 2.22. The maximum atomic E-state index is 12.6. The largest absolute Gasteiger partial charge is 0.416 e. The van der Waals surface area contributed by atoms with Crippen LogP contribution in [-0.4, -0.2) is 28.0 Å². The quantitative estimate of drug-likeness (QED) is 0.747. The van der Waals surface area contributed by atoms with Crippen LogP contribution in [0.5, 0.6) is 0 Å². The molecule has 2 aromatic rings. The van der Waals surface area contributed by atoms with E-state index in [1.807, 2.05) is 18.7 Å². The zero-order valence-electron chi connectivity index (χ0n) is 13.9. The van der Waals surface area contributed by atoms with Crippen molar-refractivity contribution in [2.75, 3.05) is 23.3 Å². The molecule has 2 rings (SSSR count). The molecule has 0 fully saturated rings. The molecule has 0 aliphatic heterocycles. The molecule has 0 unspecified atom stereocenters. The van der Waals surface area contributed by atoms with E-state index in [0.717, 1.165) is 38.1 Å². The standard InChI is InChI=1S/C16H19ClF3N5/c1-3-9-25(10-4-2)15-23-13(17)22-14(24-15)21-12-7-5-11(6-8-12)16(18,19)20/h5-8H,3-4,9-10H2,1-2H3,(H,21,22,23,24). The summed E-state index contributed by atoms with van der Waals surface area (Å²) < 4.78 is 37.8. The van der Waals surface area contributed by atoms with Gasteiger partial charge in [0.15, 0.2) is 0 Å². The van der Waals surface area contributed by atoms with Crippen LogP contribution < -0.4 is 10.2 Å². The second kappa shape index (κ2) is 8.33. The third-order valence-electron chi connectivity index (χ3n) is 3.33. The van der Waals surface area contributed by atoms with Crippen LogP contribution in [0.1, 0.15) is 32.3 Å². The van der Waals surface area contributed by atoms with E-state index in [4.69, 9.17) is 11.6 Å². The SMILES string of the molecule is CCCN(CCC)c1nc(Cl)nc(Nc2ccc(C(F)(F)F)cc2)n1. The maximum Gasteiger partial charge on any atom is 0.416 e. The van der Waals surface area contributed by atoms with E-state index in [1.54, 1.807) is 0 Å². The fourth-order valence-electron chi connectivity index (χ4n) is 2.26. The predicted octanol–water partition coefficient (Wildman–Crippen LogP) is 4.91. The van der Waals surface area contributed by atoms with Crippen LogP contribution in [0, 0.1) is 0 Å². The molecule has 0 aliphatic carbocycles. The van der Waals surface area contributed by atoms with Crippen molar-refractivity contribution in [1.29, 1.82) is 0 Å². The Bertz CT molecular complexity index is 685. The molecular weight excluding hydrogens is 355 g/mol. The number of alkyl halides is 3. The van der Waals surface area contributed by atoms with Gasteiger partial charge in [-0.2, -0.15) is 28.1 Å². The summed E-state index contributed by atoms with van der Waals surface area (Å²) in [6.45, 7) is 5.64. The van der Waals surface area contributed by atoms with Crippen LogP contribution in [0.15, 0.2) is 24.3 Å². The molecule has 136 valence electrons. The van der Waals surface area contributed by atoms with Crippen molar-refractivity contribution in [3.63, 3.8) is 0 Å². The molecule has 0 radical (unpaired) electrons. The van der Waals surface area contributed by atoms with Crippen LogP contribution in [0.25, 0.3) is 0 Å². The molecule has 9 heteroatoms. The van der Waals surface area contributed by atoms with Crippen molar-refractivity contribution in [2.45, 2.75) is 32.9 Å². The first-order valence-electron chi connectivity index (χ1n) is 7.94. The average Bonchev–Trinajstić information content (AvgIpc) is 2.54. The first kappa shape index (κ1) is 19.2. The number of benzene rings is 1. The number of halogens is 4. The first-order valence-corrected chi connectivity index (χ1v) is 8.32. The number of rotatable bonds is 7. The molecule has 0 spiro atoms. The number of nitrogens with zero attached hydrogens (tertiary/aromatic N) is 4. The smallest absolute Gasteiger partial charge is 0.341 e. The van der Waals surface area contributed by atoms with Gasteiger partial charge in [0.05, 0.1) is 5.56 Å². The van der Waals surface area contributed by atoms with Crippen molar-refractivity contribution in [2.24, 2.45) is 0 Å². The van der Waals surface area contributed by atoms with Crippen molar-refractivity contribution < 1.29 is 13.2 Å². The summed E-state index contributed by atoms with van der Waals surface area (Å²) in [5.74, 6) is 0.630. The fourth-order valence-corrected chi connectivity index (χ4v) is 2.42. The molecule has 0 amide bonds. The van der Waals surface area contributed by atoms with Gasteiger partial charge >= 0.3 is 6.18 Å². The minimum absolute atomic E-state index is 0.0246. The Hall–Kier alpha value is -2.09. The highest BCUT2D eigenvalue weighted by Gasteiger charge is 2.29. The number of hydrogen-bond acceptors (Lipinski definition) is 5. The molecule has 0 atom stereocenters. The maximum absolute atomic E-state index is 12.6. The minimum atomic E-state index is -4.37. The third-order valence-corrected chi connectivity index (χ3v) is 3.50. The zero-order chi connectivity index (χ0) is 18.4. The van der Waals surface area contributed by atoms with Gasteiger partial charge in [0.25, 0.3) is 0 Å². The molecule has 0 bridgehead atoms. The number of nitrogens with one attached hydrogen (secondary N) is 1. The minimum Gasteiger partial charge on any atom is -0.341 e. The Kier molecular flexibility index (Phi) is 6.41. The van der Waals surface area contributed by atoms with E-state index in [0.29, 0.717) is 11.6 Å². The van der Waals surface area contributed by atoms with Gasteiger partial charge in [0.2, 0.25) is 17.2 Å². The van der Waals surface area contributed by atoms with Gasteiger partial charge in [-0.25, -0.2) is 0 Å². The van der Waals surface area contributed by atoms with Gasteiger partial charge < -0.3 is 10.2 Å². The predicted molar refractivity (Wildman–Crippen MR) is 92.4 cm³/mol. The Labute approximate surface area is 149 Å². The van der Waals surface area contributed by atoms with Crippen LogP contribution in [0.3, 0.4) is 0 Å². The second-order valence-corrected chi connectivity index (χ2v) is 5.75. The van der Waals surface area contributed by atoms with Crippen molar-refractivity contribution in [3.8, 4) is 0 Å².